The van der Waals surface area contributed by atoms with Crippen LogP contribution in [0.25, 0.3) is 0 Å². The molecule has 0 aliphatic carbocycles. The van der Waals surface area contributed by atoms with Crippen LogP contribution in [-0.2, 0) is 10.0 Å². The number of benzene rings is 1. The van der Waals surface area contributed by atoms with E-state index in [4.69, 9.17) is 14.4 Å². The smallest absolute Gasteiger partial charge is 0.339 e. The van der Waals surface area contributed by atoms with Gasteiger partial charge in [-0.2, -0.15) is 9.57 Å². The van der Waals surface area contributed by atoms with E-state index in [0.717, 1.165) is 0 Å². The fraction of sp³-hybridized carbons (Fsp3) is 0.294. The highest BCUT2D eigenvalue weighted by Gasteiger charge is 2.33. The van der Waals surface area contributed by atoms with Gasteiger partial charge in [0.2, 0.25) is 10.0 Å². The highest BCUT2D eigenvalue weighted by Crippen LogP contribution is 2.24. The number of rotatable bonds is 4. The molecule has 0 saturated carbocycles. The van der Waals surface area contributed by atoms with Crippen LogP contribution in [0, 0.1) is 18.3 Å². The van der Waals surface area contributed by atoms with Gasteiger partial charge in [0.25, 0.3) is 0 Å². The van der Waals surface area contributed by atoms with Gasteiger partial charge in [0.1, 0.15) is 17.6 Å². The SMILES string of the molecule is Cc1cc(OC2CCN(S(=O)(=O)c3ccc(C#N)cc3)C2)cc(=O)o1. The molecule has 25 heavy (non-hydrogen) atoms. The van der Waals surface area contributed by atoms with E-state index >= 15 is 0 Å². The molecule has 0 radical (unpaired) electrons. The highest BCUT2D eigenvalue weighted by molar-refractivity contribution is 7.89. The predicted octanol–water partition coefficient (Wildman–Crippen LogP) is 1.66. The molecule has 1 atom stereocenters. The number of hydrogen-bond donors (Lipinski definition) is 0. The molecule has 7 nitrogen and oxygen atoms in total. The molecular weight excluding hydrogens is 344 g/mol. The Morgan fingerprint density at radius 1 is 1.28 bits per heavy atom. The Morgan fingerprint density at radius 2 is 2.00 bits per heavy atom. The molecule has 2 heterocycles. The van der Waals surface area contributed by atoms with Gasteiger partial charge in [-0.05, 0) is 37.6 Å². The average molecular weight is 360 g/mol. The maximum Gasteiger partial charge on any atom is 0.339 e. The van der Waals surface area contributed by atoms with E-state index in [1.165, 1.54) is 34.6 Å². The first-order chi connectivity index (χ1) is 11.9. The maximum atomic E-state index is 12.7. The normalized spacial score (nSPS) is 18.0. The van der Waals surface area contributed by atoms with Crippen molar-refractivity contribution in [2.75, 3.05) is 13.1 Å². The van der Waals surface area contributed by atoms with Crippen LogP contribution in [0.1, 0.15) is 17.7 Å². The Kier molecular flexibility index (Phi) is 4.61. The van der Waals surface area contributed by atoms with Crippen molar-refractivity contribution in [2.24, 2.45) is 0 Å². The molecule has 1 saturated heterocycles. The number of ether oxygens (including phenoxy) is 1. The molecule has 1 aliphatic rings. The van der Waals surface area contributed by atoms with Crippen LogP contribution in [-0.4, -0.2) is 31.9 Å². The van der Waals surface area contributed by atoms with E-state index in [0.29, 0.717) is 30.0 Å². The molecule has 2 aromatic rings. The number of aryl methyl sites for hydroxylation is 1. The second kappa shape index (κ2) is 6.70. The summed E-state index contributed by atoms with van der Waals surface area (Å²) in [5.74, 6) is 0.805. The first kappa shape index (κ1) is 17.2. The number of nitrogens with zero attached hydrogens (tertiary/aromatic N) is 2. The van der Waals surface area contributed by atoms with Crippen molar-refractivity contribution in [1.82, 2.24) is 4.31 Å². The number of sulfonamides is 1. The van der Waals surface area contributed by atoms with Gasteiger partial charge in [-0.15, -0.1) is 0 Å². The number of hydrogen-bond acceptors (Lipinski definition) is 6. The van der Waals surface area contributed by atoms with Gasteiger partial charge in [0.15, 0.2) is 0 Å². The Bertz CT molecular complexity index is 973. The quantitative estimate of drug-likeness (QED) is 0.822. The lowest BCUT2D eigenvalue weighted by Crippen LogP contribution is -2.31. The summed E-state index contributed by atoms with van der Waals surface area (Å²) in [5.41, 5.74) is -0.102. The summed E-state index contributed by atoms with van der Waals surface area (Å²) in [7, 11) is -3.64. The fourth-order valence-corrected chi connectivity index (χ4v) is 4.19. The van der Waals surface area contributed by atoms with Gasteiger partial charge in [0.05, 0.1) is 29.1 Å². The molecule has 1 aromatic carbocycles. The standard InChI is InChI=1S/C17H16N2O5S/c1-12-8-15(9-17(20)23-12)24-14-6-7-19(11-14)25(21,22)16-4-2-13(10-18)3-5-16/h2-5,8-9,14H,6-7,11H2,1H3. The Labute approximate surface area is 145 Å². The van der Waals surface area contributed by atoms with Gasteiger partial charge in [-0.25, -0.2) is 13.2 Å². The van der Waals surface area contributed by atoms with Crippen LogP contribution >= 0.6 is 0 Å². The third-order valence-electron chi connectivity index (χ3n) is 3.90. The lowest BCUT2D eigenvalue weighted by Gasteiger charge is -2.17. The Hall–Kier alpha value is -2.63. The summed E-state index contributed by atoms with van der Waals surface area (Å²) in [4.78, 5) is 11.5. The Morgan fingerprint density at radius 3 is 2.64 bits per heavy atom. The maximum absolute atomic E-state index is 12.7. The predicted molar refractivity (Wildman–Crippen MR) is 88.7 cm³/mol. The van der Waals surface area contributed by atoms with Gasteiger partial charge >= 0.3 is 5.63 Å². The van der Waals surface area contributed by atoms with E-state index in [1.54, 1.807) is 13.0 Å². The van der Waals surface area contributed by atoms with Crippen LogP contribution in [0.4, 0.5) is 0 Å². The fourth-order valence-electron chi connectivity index (χ4n) is 2.70. The summed E-state index contributed by atoms with van der Waals surface area (Å²) in [6.45, 7) is 2.17. The minimum atomic E-state index is -3.64. The summed E-state index contributed by atoms with van der Waals surface area (Å²) in [5, 5.41) is 8.80. The van der Waals surface area contributed by atoms with Gasteiger partial charge < -0.3 is 9.15 Å². The molecule has 0 amide bonds. The third-order valence-corrected chi connectivity index (χ3v) is 5.78. The first-order valence-electron chi connectivity index (χ1n) is 7.67. The zero-order chi connectivity index (χ0) is 18.0. The lowest BCUT2D eigenvalue weighted by atomic mass is 10.2. The van der Waals surface area contributed by atoms with E-state index in [1.807, 2.05) is 6.07 Å². The van der Waals surface area contributed by atoms with Crippen LogP contribution in [0.15, 0.2) is 50.5 Å². The lowest BCUT2D eigenvalue weighted by molar-refractivity contribution is 0.213. The summed E-state index contributed by atoms with van der Waals surface area (Å²) in [6.07, 6.45) is 0.184. The molecule has 0 bridgehead atoms. The Balaban J connectivity index is 1.73. The molecule has 3 rings (SSSR count). The van der Waals surface area contributed by atoms with Gasteiger partial charge in [-0.3, -0.25) is 0 Å². The summed E-state index contributed by atoms with van der Waals surface area (Å²) in [6, 6.07) is 10.6. The van der Waals surface area contributed by atoms with Crippen molar-refractivity contribution in [3.8, 4) is 11.8 Å². The molecule has 1 fully saturated rings. The van der Waals surface area contributed by atoms with E-state index < -0.39 is 15.6 Å². The third kappa shape index (κ3) is 3.73. The zero-order valence-corrected chi connectivity index (χ0v) is 14.3. The van der Waals surface area contributed by atoms with Crippen LogP contribution in [0.2, 0.25) is 0 Å². The number of nitriles is 1. The second-order valence-electron chi connectivity index (χ2n) is 5.75. The van der Waals surface area contributed by atoms with Crippen molar-refractivity contribution in [1.29, 1.82) is 5.26 Å². The topological polar surface area (TPSA) is 101 Å². The monoisotopic (exact) mass is 360 g/mol. The minimum Gasteiger partial charge on any atom is -0.489 e. The molecule has 0 N–H and O–H groups in total. The van der Waals surface area contributed by atoms with Gasteiger partial charge in [0, 0.05) is 12.6 Å². The van der Waals surface area contributed by atoms with E-state index in [9.17, 15) is 13.2 Å². The molecule has 1 unspecified atom stereocenters. The minimum absolute atomic E-state index is 0.142. The van der Waals surface area contributed by atoms with Crippen LogP contribution < -0.4 is 10.4 Å². The van der Waals surface area contributed by atoms with E-state index in [-0.39, 0.29) is 17.5 Å². The van der Waals surface area contributed by atoms with Crippen molar-refractivity contribution in [2.45, 2.75) is 24.3 Å². The second-order valence-corrected chi connectivity index (χ2v) is 7.69. The first-order valence-corrected chi connectivity index (χ1v) is 9.11. The van der Waals surface area contributed by atoms with Crippen LogP contribution in [0.3, 0.4) is 0 Å². The van der Waals surface area contributed by atoms with Crippen LogP contribution in [0.5, 0.6) is 5.75 Å². The highest BCUT2D eigenvalue weighted by atomic mass is 32.2. The zero-order valence-electron chi connectivity index (χ0n) is 13.5. The van der Waals surface area contributed by atoms with Gasteiger partial charge in [-0.1, -0.05) is 0 Å². The van der Waals surface area contributed by atoms with Crippen molar-refractivity contribution in [3.63, 3.8) is 0 Å². The molecule has 0 spiro atoms. The molecule has 1 aliphatic heterocycles. The summed E-state index contributed by atoms with van der Waals surface area (Å²) >= 11 is 0. The van der Waals surface area contributed by atoms with Crippen molar-refractivity contribution >= 4 is 10.0 Å². The molecule has 1 aromatic heterocycles. The summed E-state index contributed by atoms with van der Waals surface area (Å²) < 4.78 is 37.3. The molecular formula is C17H16N2O5S. The largest absolute Gasteiger partial charge is 0.489 e. The molecule has 130 valence electrons. The molecule has 8 heteroatoms. The van der Waals surface area contributed by atoms with Crippen molar-refractivity contribution < 1.29 is 17.6 Å². The van der Waals surface area contributed by atoms with E-state index in [2.05, 4.69) is 0 Å². The average Bonchev–Trinajstić information content (AvgIpc) is 3.03. The van der Waals surface area contributed by atoms with Crippen molar-refractivity contribution in [3.05, 3.63) is 58.1 Å².